The van der Waals surface area contributed by atoms with E-state index in [4.69, 9.17) is 14.2 Å². The molecule has 0 aromatic rings. The van der Waals surface area contributed by atoms with Crippen LogP contribution in [0.2, 0.25) is 0 Å². The summed E-state index contributed by atoms with van der Waals surface area (Å²) in [6.07, 6.45) is 7.53. The van der Waals surface area contributed by atoms with Crippen LogP contribution < -0.4 is 0 Å². The van der Waals surface area contributed by atoms with Crippen LogP contribution in [0.15, 0.2) is 0 Å². The largest absolute Gasteiger partial charge is 0.466 e. The topological polar surface area (TPSA) is 105 Å². The Labute approximate surface area is 186 Å². The van der Waals surface area contributed by atoms with Gasteiger partial charge in [-0.15, -0.1) is 0 Å². The van der Waals surface area contributed by atoms with Crippen LogP contribution in [-0.4, -0.2) is 49.3 Å². The van der Waals surface area contributed by atoms with Crippen LogP contribution in [0.1, 0.15) is 92.4 Å². The highest BCUT2D eigenvalue weighted by atomic mass is 16.6. The van der Waals surface area contributed by atoms with Gasteiger partial charge in [0.25, 0.3) is 0 Å². The second kappa shape index (κ2) is 17.5. The van der Waals surface area contributed by atoms with E-state index in [0.717, 1.165) is 32.1 Å². The van der Waals surface area contributed by atoms with Gasteiger partial charge in [-0.2, -0.15) is 0 Å². The molecule has 3 unspecified atom stereocenters. The number of carbonyl (C=O) groups is 4. The number of hydrogen-bond acceptors (Lipinski definition) is 8. The molecule has 3 heterocycles. The number of esters is 4. The number of ether oxygens (including phenoxy) is 4. The molecule has 8 nitrogen and oxygen atoms in total. The van der Waals surface area contributed by atoms with Crippen molar-refractivity contribution >= 4 is 23.9 Å². The molecular formula is C23H40O8. The van der Waals surface area contributed by atoms with E-state index < -0.39 is 0 Å². The van der Waals surface area contributed by atoms with Crippen molar-refractivity contribution in [1.29, 1.82) is 0 Å². The SMILES string of the molecule is CC1CCC(=O)O1.CC1CCC(=O)OC1.CC1CCCC(=O)O1.CCCC(=O)OCC. The molecule has 3 aliphatic rings. The standard InChI is InChI=1S/2C6H10O2.C6H12O2.C5H8O2/c1-5-2-3-6(7)8-4-5;1-5-3-2-4-6(7)8-5;1-3-5-6(7)8-4-2;1-4-2-3-5(6)7-4/h2*5H,2-4H2,1H3;3-5H2,1-2H3;4H,2-3H2,1H3. The van der Waals surface area contributed by atoms with Gasteiger partial charge in [0.05, 0.1) is 25.4 Å². The van der Waals surface area contributed by atoms with Crippen molar-refractivity contribution in [2.24, 2.45) is 5.92 Å². The van der Waals surface area contributed by atoms with E-state index in [1.54, 1.807) is 0 Å². The Kier molecular flexibility index (Phi) is 16.3. The minimum Gasteiger partial charge on any atom is -0.466 e. The van der Waals surface area contributed by atoms with E-state index in [9.17, 15) is 19.2 Å². The van der Waals surface area contributed by atoms with Crippen LogP contribution in [0.25, 0.3) is 0 Å². The molecule has 0 amide bonds. The molecule has 0 N–H and O–H groups in total. The summed E-state index contributed by atoms with van der Waals surface area (Å²) in [7, 11) is 0. The molecule has 0 bridgehead atoms. The highest BCUT2D eigenvalue weighted by Crippen LogP contribution is 2.13. The van der Waals surface area contributed by atoms with Crippen molar-refractivity contribution < 1.29 is 38.1 Å². The fourth-order valence-corrected chi connectivity index (χ4v) is 2.73. The fourth-order valence-electron chi connectivity index (χ4n) is 2.73. The molecule has 0 radical (unpaired) electrons. The first kappa shape index (κ1) is 28.9. The summed E-state index contributed by atoms with van der Waals surface area (Å²) in [4.78, 5) is 41.5. The Morgan fingerprint density at radius 1 is 0.871 bits per heavy atom. The lowest BCUT2D eigenvalue weighted by molar-refractivity contribution is -0.152. The van der Waals surface area contributed by atoms with Crippen molar-refractivity contribution in [3.8, 4) is 0 Å². The molecule has 3 aliphatic heterocycles. The molecule has 3 fully saturated rings. The zero-order valence-electron chi connectivity index (χ0n) is 19.8. The van der Waals surface area contributed by atoms with Gasteiger partial charge < -0.3 is 18.9 Å². The molecule has 31 heavy (non-hydrogen) atoms. The zero-order chi connectivity index (χ0) is 23.6. The summed E-state index contributed by atoms with van der Waals surface area (Å²) in [5.74, 6) is 0.363. The summed E-state index contributed by atoms with van der Waals surface area (Å²) >= 11 is 0. The second-order valence-electron chi connectivity index (χ2n) is 7.91. The van der Waals surface area contributed by atoms with Gasteiger partial charge in [0.2, 0.25) is 0 Å². The van der Waals surface area contributed by atoms with E-state index in [-0.39, 0.29) is 36.1 Å². The molecule has 3 saturated heterocycles. The van der Waals surface area contributed by atoms with Gasteiger partial charge in [-0.05, 0) is 58.8 Å². The predicted octanol–water partition coefficient (Wildman–Crippen LogP) is 4.12. The van der Waals surface area contributed by atoms with Gasteiger partial charge in [-0.1, -0.05) is 13.8 Å². The Bertz CT molecular complexity index is 520. The Morgan fingerprint density at radius 2 is 1.45 bits per heavy atom. The zero-order valence-corrected chi connectivity index (χ0v) is 19.8. The maximum Gasteiger partial charge on any atom is 0.306 e. The summed E-state index contributed by atoms with van der Waals surface area (Å²) in [6, 6.07) is 0. The van der Waals surface area contributed by atoms with Gasteiger partial charge in [-0.3, -0.25) is 19.2 Å². The average Bonchev–Trinajstić information content (AvgIpc) is 3.09. The normalized spacial score (nSPS) is 24.4. The maximum atomic E-state index is 10.5. The fraction of sp³-hybridized carbons (Fsp3) is 0.826. The van der Waals surface area contributed by atoms with Crippen LogP contribution in [0, 0.1) is 5.92 Å². The van der Waals surface area contributed by atoms with E-state index in [0.29, 0.717) is 44.8 Å². The highest BCUT2D eigenvalue weighted by molar-refractivity contribution is 5.71. The van der Waals surface area contributed by atoms with Crippen LogP contribution >= 0.6 is 0 Å². The Morgan fingerprint density at radius 3 is 1.77 bits per heavy atom. The van der Waals surface area contributed by atoms with Crippen molar-refractivity contribution in [1.82, 2.24) is 0 Å². The first-order valence-electron chi connectivity index (χ1n) is 11.4. The Hall–Kier alpha value is -2.12. The van der Waals surface area contributed by atoms with Crippen LogP contribution in [0.5, 0.6) is 0 Å². The molecule has 3 rings (SSSR count). The van der Waals surface area contributed by atoms with Crippen molar-refractivity contribution in [2.75, 3.05) is 13.2 Å². The summed E-state index contributed by atoms with van der Waals surface area (Å²) in [5, 5.41) is 0. The summed E-state index contributed by atoms with van der Waals surface area (Å²) in [6.45, 7) is 10.8. The van der Waals surface area contributed by atoms with Crippen molar-refractivity contribution in [2.45, 2.75) is 105 Å². The predicted molar refractivity (Wildman–Crippen MR) is 115 cm³/mol. The molecule has 0 aliphatic carbocycles. The minimum atomic E-state index is -0.0880. The number of carbonyl (C=O) groups excluding carboxylic acids is 4. The average molecular weight is 445 g/mol. The third-order valence-electron chi connectivity index (χ3n) is 4.54. The smallest absolute Gasteiger partial charge is 0.306 e. The molecule has 0 saturated carbocycles. The van der Waals surface area contributed by atoms with Gasteiger partial charge in [0.1, 0.15) is 0 Å². The third kappa shape index (κ3) is 17.3. The molecule has 0 spiro atoms. The molecule has 0 aromatic heterocycles. The molecule has 3 atom stereocenters. The van der Waals surface area contributed by atoms with E-state index >= 15 is 0 Å². The minimum absolute atomic E-state index is 0.0382. The summed E-state index contributed by atoms with van der Waals surface area (Å²) < 4.78 is 19.0. The number of rotatable bonds is 3. The van der Waals surface area contributed by atoms with E-state index in [2.05, 4.69) is 11.7 Å². The van der Waals surface area contributed by atoms with Crippen LogP contribution in [0.4, 0.5) is 0 Å². The van der Waals surface area contributed by atoms with Crippen molar-refractivity contribution in [3.63, 3.8) is 0 Å². The van der Waals surface area contributed by atoms with E-state index in [1.165, 1.54) is 0 Å². The van der Waals surface area contributed by atoms with Crippen LogP contribution in [0.3, 0.4) is 0 Å². The first-order chi connectivity index (χ1) is 14.7. The monoisotopic (exact) mass is 444 g/mol. The van der Waals surface area contributed by atoms with Gasteiger partial charge in [0, 0.05) is 25.7 Å². The summed E-state index contributed by atoms with van der Waals surface area (Å²) in [5.41, 5.74) is 0. The molecular weight excluding hydrogens is 404 g/mol. The quantitative estimate of drug-likeness (QED) is 0.473. The molecule has 180 valence electrons. The van der Waals surface area contributed by atoms with E-state index in [1.807, 2.05) is 27.7 Å². The van der Waals surface area contributed by atoms with Gasteiger partial charge in [0.15, 0.2) is 0 Å². The first-order valence-corrected chi connectivity index (χ1v) is 11.4. The lowest BCUT2D eigenvalue weighted by atomic mass is 10.1. The Balaban J connectivity index is 0.000000387. The molecule has 8 heteroatoms. The van der Waals surface area contributed by atoms with Crippen molar-refractivity contribution in [3.05, 3.63) is 0 Å². The lowest BCUT2D eigenvalue weighted by Crippen LogP contribution is -2.19. The lowest BCUT2D eigenvalue weighted by Gasteiger charge is -2.17. The molecule has 0 aromatic carbocycles. The number of hydrogen-bond donors (Lipinski definition) is 0. The second-order valence-corrected chi connectivity index (χ2v) is 7.91. The van der Waals surface area contributed by atoms with Gasteiger partial charge in [-0.25, -0.2) is 0 Å². The van der Waals surface area contributed by atoms with Gasteiger partial charge >= 0.3 is 23.9 Å². The number of cyclic esters (lactones) is 3. The highest BCUT2D eigenvalue weighted by Gasteiger charge is 2.17. The maximum absolute atomic E-state index is 10.5. The third-order valence-corrected chi connectivity index (χ3v) is 4.54. The van der Waals surface area contributed by atoms with Crippen LogP contribution in [-0.2, 0) is 38.1 Å².